The van der Waals surface area contributed by atoms with Crippen LogP contribution in [0.15, 0.2) is 16.8 Å². The first-order chi connectivity index (χ1) is 7.41. The second-order valence-electron chi connectivity index (χ2n) is 6.36. The first-order valence-corrected chi connectivity index (χ1v) is 9.98. The van der Waals surface area contributed by atoms with E-state index in [1.165, 1.54) is 22.7 Å². The summed E-state index contributed by atoms with van der Waals surface area (Å²) in [6.07, 6.45) is 0. The summed E-state index contributed by atoms with van der Waals surface area (Å²) in [6, 6.07) is 0. The SMILES string of the molecule is CC(C)(C)N=S=N[Si](C)(C)N=S=NC(C)(C)C. The van der Waals surface area contributed by atoms with E-state index in [-0.39, 0.29) is 11.1 Å². The average molecular weight is 293 g/mol. The largest absolute Gasteiger partial charge is 0.327 e. The average Bonchev–Trinajstić information content (AvgIpc) is 1.96. The Kier molecular flexibility index (Phi) is 6.10. The van der Waals surface area contributed by atoms with Gasteiger partial charge in [0.2, 0.25) is 0 Å². The van der Waals surface area contributed by atoms with Gasteiger partial charge < -0.3 is 0 Å². The summed E-state index contributed by atoms with van der Waals surface area (Å²) in [4.78, 5) is 0. The Bertz CT molecular complexity index is 342. The summed E-state index contributed by atoms with van der Waals surface area (Å²) in [7, 11) is -1.91. The fraction of sp³-hybridized carbons (Fsp3) is 1.00. The second kappa shape index (κ2) is 6.15. The van der Waals surface area contributed by atoms with Crippen LogP contribution in [-0.4, -0.2) is 19.5 Å². The molecule has 0 rings (SSSR count). The summed E-state index contributed by atoms with van der Waals surface area (Å²) in [5.74, 6) is 0. The molecule has 17 heavy (non-hydrogen) atoms. The van der Waals surface area contributed by atoms with Gasteiger partial charge in [0, 0.05) is 0 Å². The number of rotatable bonds is 2. The van der Waals surface area contributed by atoms with Crippen molar-refractivity contribution in [2.45, 2.75) is 65.7 Å². The van der Waals surface area contributed by atoms with Crippen LogP contribution >= 0.6 is 0 Å². The minimum Gasteiger partial charge on any atom is -0.226 e. The van der Waals surface area contributed by atoms with Crippen LogP contribution in [0.1, 0.15) is 41.5 Å². The van der Waals surface area contributed by atoms with Crippen LogP contribution in [0.3, 0.4) is 0 Å². The summed E-state index contributed by atoms with van der Waals surface area (Å²) in [5, 5.41) is 0. The zero-order chi connectivity index (χ0) is 13.7. The van der Waals surface area contributed by atoms with Crippen molar-refractivity contribution in [3.8, 4) is 0 Å². The molecule has 0 aliphatic rings. The molecule has 0 spiro atoms. The summed E-state index contributed by atoms with van der Waals surface area (Å²) >= 11 is 2.58. The normalized spacial score (nSPS) is 12.7. The van der Waals surface area contributed by atoms with Gasteiger partial charge in [-0.3, -0.25) is 0 Å². The highest BCUT2D eigenvalue weighted by Gasteiger charge is 2.19. The van der Waals surface area contributed by atoms with Crippen molar-refractivity contribution < 1.29 is 0 Å². The van der Waals surface area contributed by atoms with Gasteiger partial charge in [-0.05, 0) is 54.6 Å². The Morgan fingerprint density at radius 3 is 1.24 bits per heavy atom. The van der Waals surface area contributed by atoms with Crippen molar-refractivity contribution >= 4 is 31.1 Å². The highest BCUT2D eigenvalue weighted by Crippen LogP contribution is 2.09. The van der Waals surface area contributed by atoms with E-state index < -0.39 is 8.40 Å². The molecule has 0 saturated heterocycles. The van der Waals surface area contributed by atoms with Gasteiger partial charge in [-0.2, -0.15) is 0 Å². The molecular formula is C10H24N4S2Si. The van der Waals surface area contributed by atoms with E-state index in [4.69, 9.17) is 0 Å². The Morgan fingerprint density at radius 1 is 0.706 bits per heavy atom. The number of nitrogens with zero attached hydrogens (tertiary/aromatic N) is 4. The highest BCUT2D eigenvalue weighted by atomic mass is 32.1. The van der Waals surface area contributed by atoms with E-state index in [2.05, 4.69) is 71.4 Å². The molecule has 0 aromatic carbocycles. The maximum absolute atomic E-state index is 4.50. The zero-order valence-corrected chi connectivity index (χ0v) is 14.7. The third kappa shape index (κ3) is 12.1. The van der Waals surface area contributed by atoms with Gasteiger partial charge in [0.15, 0.2) is 0 Å². The lowest BCUT2D eigenvalue weighted by molar-refractivity contribution is 0.593. The van der Waals surface area contributed by atoms with Crippen LogP contribution in [0.25, 0.3) is 0 Å². The van der Waals surface area contributed by atoms with E-state index >= 15 is 0 Å². The number of hydrogen-bond acceptors (Lipinski definition) is 4. The Labute approximate surface area is 114 Å². The van der Waals surface area contributed by atoms with Crippen LogP contribution in [0.4, 0.5) is 0 Å². The van der Waals surface area contributed by atoms with Gasteiger partial charge in [-0.25, -0.2) is 16.8 Å². The molecule has 0 radical (unpaired) electrons. The van der Waals surface area contributed by atoms with Crippen molar-refractivity contribution in [1.82, 2.24) is 0 Å². The van der Waals surface area contributed by atoms with Crippen LogP contribution in [-0.2, 0) is 22.7 Å². The van der Waals surface area contributed by atoms with Gasteiger partial charge in [0.25, 0.3) is 0 Å². The number of hydrogen-bond donors (Lipinski definition) is 0. The van der Waals surface area contributed by atoms with Crippen molar-refractivity contribution in [3.63, 3.8) is 0 Å². The standard InChI is InChI=1S/C10H24N4S2Si/c1-9(2,3)11-15-13-17(7,8)14-16-12-10(4,5)6/h1-8H3. The molecule has 4 nitrogen and oxygen atoms in total. The van der Waals surface area contributed by atoms with E-state index in [0.717, 1.165) is 0 Å². The molecule has 0 aliphatic carbocycles. The minimum atomic E-state index is -1.91. The van der Waals surface area contributed by atoms with Crippen molar-refractivity contribution in [2.75, 3.05) is 0 Å². The lowest BCUT2D eigenvalue weighted by Gasteiger charge is -2.09. The maximum Gasteiger partial charge on any atom is 0.327 e. The first kappa shape index (κ1) is 16.9. The summed E-state index contributed by atoms with van der Waals surface area (Å²) in [5.41, 5.74) is -0.108. The van der Waals surface area contributed by atoms with Gasteiger partial charge in [-0.15, -0.1) is 0 Å². The van der Waals surface area contributed by atoms with E-state index in [0.29, 0.717) is 0 Å². The summed E-state index contributed by atoms with van der Waals surface area (Å²) < 4.78 is 17.8. The highest BCUT2D eigenvalue weighted by molar-refractivity contribution is 7.60. The predicted molar refractivity (Wildman–Crippen MR) is 81.4 cm³/mol. The third-order valence-corrected chi connectivity index (χ3v) is 6.64. The zero-order valence-electron chi connectivity index (χ0n) is 12.1. The lowest BCUT2D eigenvalue weighted by atomic mass is 10.1. The molecule has 0 saturated carbocycles. The Morgan fingerprint density at radius 2 is 1.00 bits per heavy atom. The molecular weight excluding hydrogens is 268 g/mol. The fourth-order valence-corrected chi connectivity index (χ4v) is 3.35. The fourth-order valence-electron chi connectivity index (χ4n) is 0.502. The van der Waals surface area contributed by atoms with Crippen LogP contribution in [0.2, 0.25) is 13.1 Å². The van der Waals surface area contributed by atoms with Crippen molar-refractivity contribution in [2.24, 2.45) is 16.8 Å². The molecule has 0 atom stereocenters. The Balaban J connectivity index is 4.83. The van der Waals surface area contributed by atoms with Gasteiger partial charge >= 0.3 is 8.40 Å². The molecule has 0 aromatic rings. The van der Waals surface area contributed by atoms with Crippen molar-refractivity contribution in [3.05, 3.63) is 0 Å². The predicted octanol–water partition coefficient (Wildman–Crippen LogP) is 4.18. The topological polar surface area (TPSA) is 49.4 Å². The Hall–Kier alpha value is -0.143. The van der Waals surface area contributed by atoms with Crippen molar-refractivity contribution in [1.29, 1.82) is 0 Å². The molecule has 0 aliphatic heterocycles. The van der Waals surface area contributed by atoms with Crippen LogP contribution in [0, 0.1) is 0 Å². The lowest BCUT2D eigenvalue weighted by Crippen LogP contribution is -2.18. The molecule has 0 amide bonds. The molecule has 0 N–H and O–H groups in total. The van der Waals surface area contributed by atoms with E-state index in [9.17, 15) is 0 Å². The summed E-state index contributed by atoms with van der Waals surface area (Å²) in [6.45, 7) is 16.5. The molecule has 0 bridgehead atoms. The molecule has 0 fully saturated rings. The smallest absolute Gasteiger partial charge is 0.226 e. The first-order valence-electron chi connectivity index (χ1n) is 5.62. The van der Waals surface area contributed by atoms with Crippen LogP contribution < -0.4 is 0 Å². The van der Waals surface area contributed by atoms with E-state index in [1.54, 1.807) is 0 Å². The third-order valence-electron chi connectivity index (χ3n) is 1.16. The quantitative estimate of drug-likeness (QED) is 0.685. The second-order valence-corrected chi connectivity index (χ2v) is 11.5. The monoisotopic (exact) mass is 292 g/mol. The molecule has 0 aromatic heterocycles. The van der Waals surface area contributed by atoms with Gasteiger partial charge in [0.05, 0.1) is 33.8 Å². The van der Waals surface area contributed by atoms with Gasteiger partial charge in [0.1, 0.15) is 0 Å². The minimum absolute atomic E-state index is 0.0540. The van der Waals surface area contributed by atoms with Gasteiger partial charge in [-0.1, -0.05) is 0 Å². The van der Waals surface area contributed by atoms with Crippen LogP contribution in [0.5, 0.6) is 0 Å². The molecule has 100 valence electrons. The molecule has 0 heterocycles. The van der Waals surface area contributed by atoms with E-state index in [1.807, 2.05) is 0 Å². The molecule has 7 heteroatoms. The maximum atomic E-state index is 4.50. The molecule has 0 unspecified atom stereocenters.